The molecule has 0 saturated heterocycles. The molecule has 0 bridgehead atoms. The number of rotatable bonds is 1. The summed E-state index contributed by atoms with van der Waals surface area (Å²) in [5, 5.41) is 3.27. The van der Waals surface area contributed by atoms with Gasteiger partial charge in [0.2, 0.25) is 0 Å². The van der Waals surface area contributed by atoms with Crippen molar-refractivity contribution in [2.45, 2.75) is 6.42 Å². The molecule has 14 heavy (non-hydrogen) atoms. The maximum Gasteiger partial charge on any atom is 0.0783 e. The Balaban J connectivity index is 2.56. The van der Waals surface area contributed by atoms with Crippen molar-refractivity contribution < 1.29 is 4.21 Å². The standard InChI is InChI=1S/C10H14N2OS/c1-14(2,13)12-10-5-3-4-9-8(10)6-7-11-9/h3-5,11H,6-7H2,1-2H3. The first-order valence-corrected chi connectivity index (χ1v) is 6.92. The molecule has 76 valence electrons. The number of fused-ring (bicyclic) bond motifs is 1. The topological polar surface area (TPSA) is 41.5 Å². The highest BCUT2D eigenvalue weighted by atomic mass is 32.2. The van der Waals surface area contributed by atoms with E-state index in [0.717, 1.165) is 24.3 Å². The molecular formula is C10H14N2OS. The Morgan fingerprint density at radius 1 is 1.43 bits per heavy atom. The Kier molecular flexibility index (Phi) is 2.23. The van der Waals surface area contributed by atoms with E-state index in [0.29, 0.717) is 0 Å². The van der Waals surface area contributed by atoms with Crippen LogP contribution in [0.15, 0.2) is 22.6 Å². The Bertz CT molecular complexity index is 465. The summed E-state index contributed by atoms with van der Waals surface area (Å²) in [5.41, 5.74) is 3.21. The van der Waals surface area contributed by atoms with Crippen molar-refractivity contribution in [3.8, 4) is 0 Å². The molecule has 0 aromatic heterocycles. The first-order chi connectivity index (χ1) is 6.56. The summed E-state index contributed by atoms with van der Waals surface area (Å²) >= 11 is 0. The van der Waals surface area contributed by atoms with Gasteiger partial charge in [-0.2, -0.15) is 4.36 Å². The molecule has 4 heteroatoms. The van der Waals surface area contributed by atoms with E-state index >= 15 is 0 Å². The number of hydrogen-bond acceptors (Lipinski definition) is 3. The van der Waals surface area contributed by atoms with Crippen LogP contribution in [0.2, 0.25) is 0 Å². The molecule has 1 aliphatic rings. The molecule has 1 aromatic rings. The Hall–Kier alpha value is -1.03. The average Bonchev–Trinajstić information content (AvgIpc) is 2.49. The predicted molar refractivity (Wildman–Crippen MR) is 60.7 cm³/mol. The zero-order valence-electron chi connectivity index (χ0n) is 8.41. The Morgan fingerprint density at radius 3 is 2.93 bits per heavy atom. The van der Waals surface area contributed by atoms with Gasteiger partial charge in [0.25, 0.3) is 0 Å². The van der Waals surface area contributed by atoms with Gasteiger partial charge in [0, 0.05) is 40.0 Å². The fraction of sp³-hybridized carbons (Fsp3) is 0.400. The molecule has 1 aromatic carbocycles. The lowest BCUT2D eigenvalue weighted by Gasteiger charge is -2.03. The number of anilines is 1. The number of nitrogens with zero attached hydrogens (tertiary/aromatic N) is 1. The SMILES string of the molecule is CS(C)(=O)=Nc1cccc2c1CCN2. The van der Waals surface area contributed by atoms with E-state index in [4.69, 9.17) is 0 Å². The van der Waals surface area contributed by atoms with Crippen LogP contribution in [-0.2, 0) is 16.1 Å². The van der Waals surface area contributed by atoms with Gasteiger partial charge in [-0.1, -0.05) is 6.07 Å². The molecule has 0 radical (unpaired) electrons. The zero-order valence-corrected chi connectivity index (χ0v) is 9.23. The Morgan fingerprint density at radius 2 is 2.21 bits per heavy atom. The van der Waals surface area contributed by atoms with Crippen LogP contribution in [0.5, 0.6) is 0 Å². The first-order valence-electron chi connectivity index (χ1n) is 4.59. The predicted octanol–water partition coefficient (Wildman–Crippen LogP) is 2.01. The Labute approximate surface area is 84.7 Å². The van der Waals surface area contributed by atoms with Gasteiger partial charge in [-0.3, -0.25) is 0 Å². The monoisotopic (exact) mass is 210 g/mol. The second-order valence-corrected chi connectivity index (χ2v) is 6.30. The first kappa shape index (κ1) is 9.52. The molecule has 1 aliphatic heterocycles. The van der Waals surface area contributed by atoms with Crippen LogP contribution >= 0.6 is 0 Å². The summed E-state index contributed by atoms with van der Waals surface area (Å²) in [6, 6.07) is 5.91. The van der Waals surface area contributed by atoms with Gasteiger partial charge < -0.3 is 5.32 Å². The van der Waals surface area contributed by atoms with Crippen LogP contribution in [0.25, 0.3) is 0 Å². The molecule has 0 amide bonds. The second-order valence-electron chi connectivity index (χ2n) is 3.75. The van der Waals surface area contributed by atoms with E-state index in [-0.39, 0.29) is 0 Å². The summed E-state index contributed by atoms with van der Waals surface area (Å²) in [6.07, 6.45) is 4.30. The maximum atomic E-state index is 11.6. The summed E-state index contributed by atoms with van der Waals surface area (Å²) in [4.78, 5) is 0. The molecule has 1 N–H and O–H groups in total. The second kappa shape index (κ2) is 3.28. The molecule has 0 spiro atoms. The molecular weight excluding hydrogens is 196 g/mol. The van der Waals surface area contributed by atoms with Crippen LogP contribution < -0.4 is 5.32 Å². The third-order valence-electron chi connectivity index (χ3n) is 2.16. The van der Waals surface area contributed by atoms with Crippen molar-refractivity contribution in [2.75, 3.05) is 24.4 Å². The van der Waals surface area contributed by atoms with Crippen LogP contribution in [0.4, 0.5) is 11.4 Å². The number of nitrogens with one attached hydrogen (secondary N) is 1. The molecule has 0 aliphatic carbocycles. The van der Waals surface area contributed by atoms with Crippen LogP contribution in [-0.4, -0.2) is 23.3 Å². The van der Waals surface area contributed by atoms with Crippen LogP contribution in [0.3, 0.4) is 0 Å². The molecule has 0 atom stereocenters. The van der Waals surface area contributed by atoms with Gasteiger partial charge in [-0.25, -0.2) is 4.21 Å². The highest BCUT2D eigenvalue weighted by Crippen LogP contribution is 2.31. The van der Waals surface area contributed by atoms with Gasteiger partial charge in [0.05, 0.1) is 5.69 Å². The van der Waals surface area contributed by atoms with Crippen LogP contribution in [0, 0.1) is 0 Å². The molecule has 0 fully saturated rings. The minimum Gasteiger partial charge on any atom is -0.384 e. The van der Waals surface area contributed by atoms with Gasteiger partial charge in [-0.05, 0) is 18.6 Å². The van der Waals surface area contributed by atoms with Crippen molar-refractivity contribution in [3.05, 3.63) is 23.8 Å². The van der Waals surface area contributed by atoms with Crippen LogP contribution in [0.1, 0.15) is 5.56 Å². The van der Waals surface area contributed by atoms with Gasteiger partial charge >= 0.3 is 0 Å². The van der Waals surface area contributed by atoms with E-state index < -0.39 is 9.73 Å². The molecule has 0 saturated carbocycles. The van der Waals surface area contributed by atoms with Crippen molar-refractivity contribution in [3.63, 3.8) is 0 Å². The highest BCUT2D eigenvalue weighted by molar-refractivity contribution is 7.92. The van der Waals surface area contributed by atoms with E-state index in [9.17, 15) is 4.21 Å². The lowest BCUT2D eigenvalue weighted by molar-refractivity contribution is 0.684. The van der Waals surface area contributed by atoms with Gasteiger partial charge in [-0.15, -0.1) is 0 Å². The third kappa shape index (κ3) is 1.90. The maximum absolute atomic E-state index is 11.6. The van der Waals surface area contributed by atoms with Gasteiger partial charge in [0.15, 0.2) is 0 Å². The summed E-state index contributed by atoms with van der Waals surface area (Å²) < 4.78 is 15.8. The van der Waals surface area contributed by atoms with Crippen molar-refractivity contribution in [1.82, 2.24) is 0 Å². The van der Waals surface area contributed by atoms with E-state index in [1.165, 1.54) is 5.56 Å². The highest BCUT2D eigenvalue weighted by Gasteiger charge is 2.13. The fourth-order valence-electron chi connectivity index (χ4n) is 1.65. The van der Waals surface area contributed by atoms with E-state index in [2.05, 4.69) is 9.68 Å². The molecule has 1 heterocycles. The fourth-order valence-corrected chi connectivity index (χ4v) is 2.29. The largest absolute Gasteiger partial charge is 0.384 e. The smallest absolute Gasteiger partial charge is 0.0783 e. The molecule has 0 unspecified atom stereocenters. The van der Waals surface area contributed by atoms with E-state index in [1.54, 1.807) is 12.5 Å². The van der Waals surface area contributed by atoms with Gasteiger partial charge in [0.1, 0.15) is 0 Å². The third-order valence-corrected chi connectivity index (χ3v) is 2.80. The quantitative estimate of drug-likeness (QED) is 0.770. The lowest BCUT2D eigenvalue weighted by atomic mass is 10.1. The van der Waals surface area contributed by atoms with Crippen molar-refractivity contribution >= 4 is 21.1 Å². The lowest BCUT2D eigenvalue weighted by Crippen LogP contribution is -1.90. The minimum atomic E-state index is -2.05. The van der Waals surface area contributed by atoms with Crippen molar-refractivity contribution in [1.29, 1.82) is 0 Å². The molecule has 2 rings (SSSR count). The number of hydrogen-bond donors (Lipinski definition) is 1. The normalized spacial score (nSPS) is 14.7. The summed E-state index contributed by atoms with van der Waals surface area (Å²) in [5.74, 6) is 0. The zero-order chi connectivity index (χ0) is 10.2. The van der Waals surface area contributed by atoms with E-state index in [1.807, 2.05) is 18.2 Å². The molecule has 3 nitrogen and oxygen atoms in total. The number of benzene rings is 1. The average molecular weight is 210 g/mol. The summed E-state index contributed by atoms with van der Waals surface area (Å²) in [7, 11) is -2.05. The minimum absolute atomic E-state index is 0.877. The summed E-state index contributed by atoms with van der Waals surface area (Å²) in [6.45, 7) is 0.955. The van der Waals surface area contributed by atoms with Crippen molar-refractivity contribution in [2.24, 2.45) is 4.36 Å².